The van der Waals surface area contributed by atoms with Crippen molar-refractivity contribution in [1.29, 1.82) is 0 Å². The monoisotopic (exact) mass is 327 g/mol. The molecule has 1 aromatic heterocycles. The van der Waals surface area contributed by atoms with E-state index in [0.29, 0.717) is 5.92 Å². The Bertz CT molecular complexity index is 761. The van der Waals surface area contributed by atoms with Crippen molar-refractivity contribution in [3.63, 3.8) is 0 Å². The zero-order chi connectivity index (χ0) is 17.9. The lowest BCUT2D eigenvalue weighted by Crippen LogP contribution is -2.33. The van der Waals surface area contributed by atoms with Gasteiger partial charge in [-0.25, -0.2) is 4.68 Å². The zero-order valence-electron chi connectivity index (χ0n) is 14.9. The molecule has 1 atom stereocenters. The van der Waals surface area contributed by atoms with Gasteiger partial charge in [-0.3, -0.25) is 9.59 Å². The van der Waals surface area contributed by atoms with Crippen molar-refractivity contribution in [2.45, 2.75) is 39.7 Å². The number of amides is 1. The first-order valence-electron chi connectivity index (χ1n) is 8.24. The van der Waals surface area contributed by atoms with E-state index in [1.54, 1.807) is 0 Å². The molecule has 128 valence electrons. The molecule has 0 aliphatic rings. The molecule has 0 saturated carbocycles. The smallest absolute Gasteiger partial charge is 0.272 e. The summed E-state index contributed by atoms with van der Waals surface area (Å²) in [4.78, 5) is 23.9. The number of benzene rings is 1. The van der Waals surface area contributed by atoms with Crippen LogP contribution in [0.25, 0.3) is 0 Å². The average molecular weight is 327 g/mol. The number of aryl methyl sites for hydroxylation is 1. The van der Waals surface area contributed by atoms with E-state index in [2.05, 4.69) is 62.4 Å². The minimum Gasteiger partial charge on any atom is -0.344 e. The maximum atomic E-state index is 12.5. The van der Waals surface area contributed by atoms with Crippen molar-refractivity contribution < 1.29 is 4.79 Å². The number of carbonyl (C=O) groups excluding carboxylic acids is 1. The fourth-order valence-electron chi connectivity index (χ4n) is 2.56. The van der Waals surface area contributed by atoms with Crippen LogP contribution in [0, 0.1) is 5.92 Å². The number of carbonyl (C=O) groups is 1. The van der Waals surface area contributed by atoms with Gasteiger partial charge in [0.15, 0.2) is 0 Å². The molecule has 0 aliphatic heterocycles. The van der Waals surface area contributed by atoms with E-state index >= 15 is 0 Å². The van der Waals surface area contributed by atoms with E-state index in [1.165, 1.54) is 24.7 Å². The van der Waals surface area contributed by atoms with Gasteiger partial charge in [-0.2, -0.15) is 5.10 Å². The Morgan fingerprint density at radius 3 is 2.08 bits per heavy atom. The summed E-state index contributed by atoms with van der Waals surface area (Å²) < 4.78 is 1.16. The van der Waals surface area contributed by atoms with E-state index in [4.69, 9.17) is 0 Å². The molecular weight excluding hydrogens is 302 g/mol. The van der Waals surface area contributed by atoms with Crippen LogP contribution in [-0.4, -0.2) is 15.7 Å². The van der Waals surface area contributed by atoms with Crippen molar-refractivity contribution in [2.75, 3.05) is 0 Å². The molecule has 0 aliphatic carbocycles. The third-order valence-electron chi connectivity index (χ3n) is 4.11. The average Bonchev–Trinajstić information content (AvgIpc) is 2.54. The number of nitrogens with zero attached hydrogens (tertiary/aromatic N) is 2. The van der Waals surface area contributed by atoms with Gasteiger partial charge >= 0.3 is 0 Å². The minimum absolute atomic E-state index is 0.113. The van der Waals surface area contributed by atoms with Crippen molar-refractivity contribution in [3.8, 4) is 0 Å². The highest BCUT2D eigenvalue weighted by molar-refractivity contribution is 5.92. The predicted octanol–water partition coefficient (Wildman–Crippen LogP) is 3.03. The van der Waals surface area contributed by atoms with Crippen molar-refractivity contribution in [2.24, 2.45) is 13.0 Å². The van der Waals surface area contributed by atoms with Gasteiger partial charge in [0.05, 0.1) is 6.04 Å². The number of hydrogen-bond donors (Lipinski definition) is 1. The van der Waals surface area contributed by atoms with Crippen LogP contribution < -0.4 is 10.9 Å². The molecule has 1 N–H and O–H groups in total. The molecule has 2 rings (SSSR count). The molecule has 2 aromatic rings. The van der Waals surface area contributed by atoms with E-state index in [-0.39, 0.29) is 29.1 Å². The van der Waals surface area contributed by atoms with Crippen molar-refractivity contribution >= 4 is 5.91 Å². The number of aromatic nitrogens is 2. The predicted molar refractivity (Wildman–Crippen MR) is 95.1 cm³/mol. The summed E-state index contributed by atoms with van der Waals surface area (Å²) >= 11 is 0. The summed E-state index contributed by atoms with van der Waals surface area (Å²) in [6, 6.07) is 11.0. The van der Waals surface area contributed by atoms with Gasteiger partial charge in [-0.15, -0.1) is 0 Å². The molecule has 0 fully saturated rings. The molecule has 0 saturated heterocycles. The third kappa shape index (κ3) is 4.10. The van der Waals surface area contributed by atoms with Gasteiger partial charge < -0.3 is 5.32 Å². The third-order valence-corrected chi connectivity index (χ3v) is 4.11. The topological polar surface area (TPSA) is 64.0 Å². The summed E-state index contributed by atoms with van der Waals surface area (Å²) in [5.74, 6) is 0.421. The molecular formula is C19H25N3O2. The highest BCUT2D eigenvalue weighted by Crippen LogP contribution is 2.24. The van der Waals surface area contributed by atoms with E-state index in [1.807, 2.05) is 0 Å². The molecule has 5 heteroatoms. The lowest BCUT2D eigenvalue weighted by atomic mass is 9.93. The molecule has 1 heterocycles. The van der Waals surface area contributed by atoms with Crippen LogP contribution in [0.15, 0.2) is 41.2 Å². The van der Waals surface area contributed by atoms with E-state index in [0.717, 1.165) is 10.2 Å². The number of nitrogens with one attached hydrogen (secondary N) is 1. The summed E-state index contributed by atoms with van der Waals surface area (Å²) in [5.41, 5.74) is 2.33. The largest absolute Gasteiger partial charge is 0.344 e. The van der Waals surface area contributed by atoms with Crippen molar-refractivity contribution in [3.05, 3.63) is 63.6 Å². The van der Waals surface area contributed by atoms with Crippen LogP contribution in [0.2, 0.25) is 0 Å². The zero-order valence-corrected chi connectivity index (χ0v) is 14.9. The first-order valence-corrected chi connectivity index (χ1v) is 8.24. The Morgan fingerprint density at radius 2 is 1.58 bits per heavy atom. The van der Waals surface area contributed by atoms with E-state index in [9.17, 15) is 9.59 Å². The van der Waals surface area contributed by atoms with Gasteiger partial charge in [0, 0.05) is 13.1 Å². The molecule has 24 heavy (non-hydrogen) atoms. The van der Waals surface area contributed by atoms with Crippen molar-refractivity contribution in [1.82, 2.24) is 15.1 Å². The van der Waals surface area contributed by atoms with Crippen LogP contribution in [0.4, 0.5) is 0 Å². The molecule has 0 bridgehead atoms. The minimum atomic E-state index is -0.280. The van der Waals surface area contributed by atoms with Gasteiger partial charge in [0.1, 0.15) is 5.69 Å². The van der Waals surface area contributed by atoms with Crippen LogP contribution in [-0.2, 0) is 7.05 Å². The lowest BCUT2D eigenvalue weighted by molar-refractivity contribution is 0.0918. The normalized spacial score (nSPS) is 12.5. The second-order valence-corrected chi connectivity index (χ2v) is 6.70. The molecule has 1 amide bonds. The SMILES string of the molecule is CC(C)c1ccc([C@@H](NC(=O)c2ccc(=O)n(C)n2)C(C)C)cc1. The summed E-state index contributed by atoms with van der Waals surface area (Å²) in [6.07, 6.45) is 0. The molecule has 0 radical (unpaired) electrons. The Balaban J connectivity index is 2.23. The van der Waals surface area contributed by atoms with Gasteiger partial charge in [0.25, 0.3) is 11.5 Å². The van der Waals surface area contributed by atoms with Crippen LogP contribution in [0.1, 0.15) is 61.3 Å². The molecule has 0 spiro atoms. The van der Waals surface area contributed by atoms with Gasteiger partial charge in [-0.05, 0) is 29.0 Å². The number of rotatable bonds is 5. The fourth-order valence-corrected chi connectivity index (χ4v) is 2.56. The second-order valence-electron chi connectivity index (χ2n) is 6.70. The second kappa shape index (κ2) is 7.43. The molecule has 1 aromatic carbocycles. The van der Waals surface area contributed by atoms with Crippen LogP contribution >= 0.6 is 0 Å². The Kier molecular flexibility index (Phi) is 5.54. The van der Waals surface area contributed by atoms with Gasteiger partial charge in [0.2, 0.25) is 0 Å². The summed E-state index contributed by atoms with van der Waals surface area (Å²) in [5, 5.41) is 7.04. The van der Waals surface area contributed by atoms with Crippen LogP contribution in [0.5, 0.6) is 0 Å². The maximum absolute atomic E-state index is 12.5. The highest BCUT2D eigenvalue weighted by Gasteiger charge is 2.20. The standard InChI is InChI=1S/C19H25N3O2/c1-12(2)14-6-8-15(9-7-14)18(13(3)4)20-19(24)16-10-11-17(23)22(5)21-16/h6-13,18H,1-5H3,(H,20,24)/t18-/m0/s1. The van der Waals surface area contributed by atoms with E-state index < -0.39 is 0 Å². The fraction of sp³-hybridized carbons (Fsp3) is 0.421. The first-order chi connectivity index (χ1) is 11.3. The Hall–Kier alpha value is -2.43. The van der Waals surface area contributed by atoms with Crippen LogP contribution in [0.3, 0.4) is 0 Å². The Morgan fingerprint density at radius 1 is 1.00 bits per heavy atom. The summed E-state index contributed by atoms with van der Waals surface area (Å²) in [6.45, 7) is 8.44. The number of hydrogen-bond acceptors (Lipinski definition) is 3. The molecule has 5 nitrogen and oxygen atoms in total. The first kappa shape index (κ1) is 17.9. The maximum Gasteiger partial charge on any atom is 0.272 e. The lowest BCUT2D eigenvalue weighted by Gasteiger charge is -2.23. The summed E-state index contributed by atoms with van der Waals surface area (Å²) in [7, 11) is 1.53. The van der Waals surface area contributed by atoms with Gasteiger partial charge in [-0.1, -0.05) is 52.0 Å². The molecule has 0 unspecified atom stereocenters. The highest BCUT2D eigenvalue weighted by atomic mass is 16.2. The Labute approximate surface area is 142 Å². The quantitative estimate of drug-likeness (QED) is 0.918.